The summed E-state index contributed by atoms with van der Waals surface area (Å²) >= 11 is 6.24. The summed E-state index contributed by atoms with van der Waals surface area (Å²) in [5.41, 5.74) is 0.110. The van der Waals surface area contributed by atoms with E-state index in [9.17, 15) is 18.0 Å². The highest BCUT2D eigenvalue weighted by Gasteiger charge is 2.32. The Hall–Kier alpha value is -3.20. The number of nitrogens with zero attached hydrogens (tertiary/aromatic N) is 4. The van der Waals surface area contributed by atoms with Crippen molar-refractivity contribution in [1.29, 1.82) is 0 Å². The molecule has 1 fully saturated rings. The van der Waals surface area contributed by atoms with E-state index in [0.717, 1.165) is 25.1 Å². The predicted octanol–water partition coefficient (Wildman–Crippen LogP) is 5.92. The van der Waals surface area contributed by atoms with Gasteiger partial charge in [-0.3, -0.25) is 4.79 Å². The van der Waals surface area contributed by atoms with Gasteiger partial charge in [0.2, 0.25) is 5.88 Å². The van der Waals surface area contributed by atoms with Crippen molar-refractivity contribution in [3.05, 3.63) is 71.1 Å². The molecule has 1 aliphatic heterocycles. The topological polar surface area (TPSA) is 68.2 Å². The van der Waals surface area contributed by atoms with Gasteiger partial charge in [-0.1, -0.05) is 18.5 Å². The van der Waals surface area contributed by atoms with Crippen molar-refractivity contribution < 1.29 is 22.7 Å². The Morgan fingerprint density at radius 2 is 1.89 bits per heavy atom. The van der Waals surface area contributed by atoms with E-state index < -0.39 is 11.7 Å². The minimum absolute atomic E-state index is 0.0730. The average Bonchev–Trinajstić information content (AvgIpc) is 3.03. The number of ether oxygens (including phenoxy) is 1. The maximum atomic E-state index is 13.8. The maximum Gasteiger partial charge on any atom is 0.417 e. The third-order valence-corrected chi connectivity index (χ3v) is 6.30. The maximum absolute atomic E-state index is 13.8. The molecule has 1 saturated heterocycles. The molecule has 0 spiro atoms. The summed E-state index contributed by atoms with van der Waals surface area (Å²) in [6.07, 6.45) is 1.88. The first-order chi connectivity index (χ1) is 16.7. The fraction of sp³-hybridized carbons (Fsp3) is 0.360. The summed E-state index contributed by atoms with van der Waals surface area (Å²) < 4.78 is 44.2. The van der Waals surface area contributed by atoms with E-state index in [1.807, 2.05) is 0 Å². The molecule has 0 aliphatic carbocycles. The number of rotatable bonds is 5. The summed E-state index contributed by atoms with van der Waals surface area (Å²) in [6.45, 7) is 2.75. The lowest BCUT2D eigenvalue weighted by atomic mass is 10.0. The molecule has 0 N–H and O–H groups in total. The van der Waals surface area contributed by atoms with Crippen LogP contribution in [-0.4, -0.2) is 45.0 Å². The molecule has 2 aromatic heterocycles. The fourth-order valence-corrected chi connectivity index (χ4v) is 4.23. The van der Waals surface area contributed by atoms with Crippen molar-refractivity contribution in [1.82, 2.24) is 19.9 Å². The van der Waals surface area contributed by atoms with E-state index >= 15 is 0 Å². The molecule has 1 amide bonds. The predicted molar refractivity (Wildman–Crippen MR) is 125 cm³/mol. The van der Waals surface area contributed by atoms with Crippen molar-refractivity contribution in [2.24, 2.45) is 5.92 Å². The van der Waals surface area contributed by atoms with Gasteiger partial charge in [-0.2, -0.15) is 13.2 Å². The molecule has 0 bridgehead atoms. The zero-order chi connectivity index (χ0) is 25.0. The van der Waals surface area contributed by atoms with Crippen LogP contribution in [0.4, 0.5) is 13.2 Å². The third-order valence-electron chi connectivity index (χ3n) is 6.06. The summed E-state index contributed by atoms with van der Waals surface area (Å²) in [5, 5.41) is 0.415. The molecule has 4 rings (SSSR count). The van der Waals surface area contributed by atoms with Crippen LogP contribution in [0, 0.1) is 5.92 Å². The molecule has 2 atom stereocenters. The summed E-state index contributed by atoms with van der Waals surface area (Å²) in [7, 11) is 0. The largest absolute Gasteiger partial charge is 0.475 e. The molecule has 10 heteroatoms. The Bertz CT molecular complexity index is 1160. The van der Waals surface area contributed by atoms with Crippen LogP contribution in [0.3, 0.4) is 0 Å². The van der Waals surface area contributed by atoms with Gasteiger partial charge in [0.1, 0.15) is 6.61 Å². The molecule has 3 aromatic rings. The molecule has 1 aliphatic rings. The highest BCUT2D eigenvalue weighted by atomic mass is 35.5. The second-order valence-electron chi connectivity index (χ2n) is 8.58. The zero-order valence-corrected chi connectivity index (χ0v) is 19.8. The lowest BCUT2D eigenvalue weighted by molar-refractivity contribution is -0.137. The number of benzene rings is 1. The highest BCUT2D eigenvalue weighted by Crippen LogP contribution is 2.31. The van der Waals surface area contributed by atoms with E-state index in [1.165, 1.54) is 6.07 Å². The average molecular weight is 505 g/mol. The Morgan fingerprint density at radius 1 is 1.11 bits per heavy atom. The van der Waals surface area contributed by atoms with Gasteiger partial charge < -0.3 is 9.64 Å². The zero-order valence-electron chi connectivity index (χ0n) is 19.0. The third kappa shape index (κ3) is 6.08. The highest BCUT2D eigenvalue weighted by molar-refractivity contribution is 6.31. The fourth-order valence-electron chi connectivity index (χ4n) is 4.06. The molecular formula is C25H24ClF3N4O2. The quantitative estimate of drug-likeness (QED) is 0.431. The van der Waals surface area contributed by atoms with Crippen LogP contribution in [0.1, 0.15) is 42.1 Å². The number of pyridine rings is 1. The smallest absolute Gasteiger partial charge is 0.417 e. The Labute approximate surface area is 206 Å². The minimum atomic E-state index is -4.47. The van der Waals surface area contributed by atoms with Crippen LogP contribution in [0.25, 0.3) is 11.4 Å². The van der Waals surface area contributed by atoms with E-state index in [1.54, 1.807) is 41.6 Å². The second-order valence-corrected chi connectivity index (χ2v) is 9.02. The van der Waals surface area contributed by atoms with Gasteiger partial charge in [0.25, 0.3) is 5.91 Å². The number of likely N-dealkylation sites (tertiary alicyclic amines) is 1. The van der Waals surface area contributed by atoms with Crippen LogP contribution in [0.15, 0.2) is 55.0 Å². The Balaban J connectivity index is 1.58. The van der Waals surface area contributed by atoms with E-state index in [4.69, 9.17) is 16.3 Å². The number of hydrogen-bond acceptors (Lipinski definition) is 5. The Kier molecular flexibility index (Phi) is 7.54. The normalized spacial score (nSPS) is 18.7. The van der Waals surface area contributed by atoms with Crippen molar-refractivity contribution in [3.63, 3.8) is 0 Å². The first-order valence-corrected chi connectivity index (χ1v) is 11.6. The molecule has 1 aromatic carbocycles. The number of halogens is 4. The molecule has 35 heavy (non-hydrogen) atoms. The lowest BCUT2D eigenvalue weighted by Crippen LogP contribution is -2.43. The number of amides is 1. The number of alkyl halides is 3. The van der Waals surface area contributed by atoms with E-state index in [2.05, 4.69) is 21.9 Å². The summed E-state index contributed by atoms with van der Waals surface area (Å²) in [5.74, 6) is 0.676. The standard InChI is InChI=1S/C25H24ClF3N4O2/c1-16-3-6-19(15-35-22-8-4-17(14-32-22)25(27,28)29)33(12-9-16)24(34)21-13-18(26)5-7-20(21)23-30-10-2-11-31-23/h2,4-5,7-8,10-11,13-14,16,19H,3,6,9,12,15H2,1H3/t16-,19-/m0/s1. The van der Waals surface area contributed by atoms with E-state index in [-0.39, 0.29) is 24.4 Å². The second kappa shape index (κ2) is 10.6. The summed E-state index contributed by atoms with van der Waals surface area (Å²) in [4.78, 5) is 27.9. The van der Waals surface area contributed by atoms with Crippen LogP contribution >= 0.6 is 11.6 Å². The van der Waals surface area contributed by atoms with Crippen molar-refractivity contribution >= 4 is 17.5 Å². The van der Waals surface area contributed by atoms with Crippen LogP contribution in [0.5, 0.6) is 5.88 Å². The number of carbonyl (C=O) groups is 1. The van der Waals surface area contributed by atoms with Gasteiger partial charge in [-0.05, 0) is 55.5 Å². The molecular weight excluding hydrogens is 481 g/mol. The van der Waals surface area contributed by atoms with E-state index in [0.29, 0.717) is 40.9 Å². The molecule has 3 heterocycles. The molecule has 0 radical (unpaired) electrons. The van der Waals surface area contributed by atoms with Gasteiger partial charge >= 0.3 is 6.18 Å². The number of hydrogen-bond donors (Lipinski definition) is 0. The lowest BCUT2D eigenvalue weighted by Gasteiger charge is -2.30. The van der Waals surface area contributed by atoms with Gasteiger partial charge in [0, 0.05) is 41.8 Å². The molecule has 0 saturated carbocycles. The Morgan fingerprint density at radius 3 is 2.57 bits per heavy atom. The van der Waals surface area contributed by atoms with Gasteiger partial charge in [0.05, 0.1) is 17.2 Å². The monoisotopic (exact) mass is 504 g/mol. The minimum Gasteiger partial charge on any atom is -0.475 e. The SMILES string of the molecule is C[C@H]1CC[C@@H](COc2ccc(C(F)(F)F)cn2)N(C(=O)c2cc(Cl)ccc2-c2ncccn2)CC1. The number of carbonyl (C=O) groups excluding carboxylic acids is 1. The van der Waals surface area contributed by atoms with Gasteiger partial charge in [-0.15, -0.1) is 0 Å². The van der Waals surface area contributed by atoms with Gasteiger partial charge in [0.15, 0.2) is 5.82 Å². The molecule has 184 valence electrons. The van der Waals surface area contributed by atoms with Crippen LogP contribution in [-0.2, 0) is 6.18 Å². The first kappa shape index (κ1) is 24.9. The van der Waals surface area contributed by atoms with Gasteiger partial charge in [-0.25, -0.2) is 15.0 Å². The van der Waals surface area contributed by atoms with Crippen LogP contribution in [0.2, 0.25) is 5.02 Å². The van der Waals surface area contributed by atoms with Crippen molar-refractivity contribution in [3.8, 4) is 17.3 Å². The van der Waals surface area contributed by atoms with Crippen molar-refractivity contribution in [2.45, 2.75) is 38.4 Å². The molecule has 6 nitrogen and oxygen atoms in total. The summed E-state index contributed by atoms with van der Waals surface area (Å²) in [6, 6.07) is 8.54. The first-order valence-electron chi connectivity index (χ1n) is 11.3. The molecule has 0 unspecified atom stereocenters. The van der Waals surface area contributed by atoms with Crippen molar-refractivity contribution in [2.75, 3.05) is 13.2 Å². The number of aromatic nitrogens is 3. The van der Waals surface area contributed by atoms with Crippen LogP contribution < -0.4 is 4.74 Å².